The second-order valence-corrected chi connectivity index (χ2v) is 4.85. The van der Waals surface area contributed by atoms with Crippen LogP contribution in [-0.4, -0.2) is 33.2 Å². The van der Waals surface area contributed by atoms with Crippen LogP contribution in [0.4, 0.5) is 0 Å². The standard InChI is InChI=1S/C13H8Cl2N4O2/c1-21-12(20)11-9(14)10(17-13(15)18-11)6-3-2-4-8-7(6)5-16-19-8/h2-5H,1H3,(H,16,19). The van der Waals surface area contributed by atoms with Crippen LogP contribution in [-0.2, 0) is 4.74 Å². The van der Waals surface area contributed by atoms with E-state index < -0.39 is 5.97 Å². The number of nitrogens with one attached hydrogen (secondary N) is 1. The summed E-state index contributed by atoms with van der Waals surface area (Å²) in [5.74, 6) is -0.676. The topological polar surface area (TPSA) is 80.8 Å². The van der Waals surface area contributed by atoms with Gasteiger partial charge in [0.15, 0.2) is 5.69 Å². The molecule has 8 heteroatoms. The third-order valence-electron chi connectivity index (χ3n) is 2.94. The fraction of sp³-hybridized carbons (Fsp3) is 0.0769. The van der Waals surface area contributed by atoms with Gasteiger partial charge in [0.1, 0.15) is 5.02 Å². The van der Waals surface area contributed by atoms with E-state index in [0.717, 1.165) is 10.9 Å². The van der Waals surface area contributed by atoms with Gasteiger partial charge in [-0.15, -0.1) is 0 Å². The molecule has 0 radical (unpaired) electrons. The van der Waals surface area contributed by atoms with Gasteiger partial charge < -0.3 is 4.74 Å². The van der Waals surface area contributed by atoms with Crippen molar-refractivity contribution in [2.75, 3.05) is 7.11 Å². The van der Waals surface area contributed by atoms with E-state index in [0.29, 0.717) is 11.3 Å². The minimum atomic E-state index is -0.676. The van der Waals surface area contributed by atoms with E-state index in [9.17, 15) is 4.79 Å². The van der Waals surface area contributed by atoms with Crippen LogP contribution in [0.25, 0.3) is 22.2 Å². The molecular formula is C13H8Cl2N4O2. The molecule has 3 aromatic rings. The van der Waals surface area contributed by atoms with Gasteiger partial charge in [0.25, 0.3) is 0 Å². The molecule has 0 spiro atoms. The van der Waals surface area contributed by atoms with Crippen molar-refractivity contribution in [1.29, 1.82) is 0 Å². The van der Waals surface area contributed by atoms with Crippen LogP contribution in [0.2, 0.25) is 10.3 Å². The highest BCUT2D eigenvalue weighted by molar-refractivity contribution is 6.36. The molecule has 106 valence electrons. The number of methoxy groups -OCH3 is 1. The molecule has 1 N–H and O–H groups in total. The van der Waals surface area contributed by atoms with Crippen molar-refractivity contribution in [2.24, 2.45) is 0 Å². The highest BCUT2D eigenvalue weighted by Crippen LogP contribution is 2.33. The predicted molar refractivity (Wildman–Crippen MR) is 78.5 cm³/mol. The van der Waals surface area contributed by atoms with Crippen molar-refractivity contribution < 1.29 is 9.53 Å². The lowest BCUT2D eigenvalue weighted by molar-refractivity contribution is 0.0594. The van der Waals surface area contributed by atoms with Crippen LogP contribution in [0.15, 0.2) is 24.4 Å². The lowest BCUT2D eigenvalue weighted by atomic mass is 10.1. The number of fused-ring (bicyclic) bond motifs is 1. The van der Waals surface area contributed by atoms with Crippen molar-refractivity contribution in [3.05, 3.63) is 40.4 Å². The number of hydrogen-bond donors (Lipinski definition) is 1. The Labute approximate surface area is 129 Å². The second kappa shape index (κ2) is 5.31. The second-order valence-electron chi connectivity index (χ2n) is 4.13. The maximum absolute atomic E-state index is 11.7. The first-order valence-electron chi connectivity index (χ1n) is 5.85. The van der Waals surface area contributed by atoms with Crippen molar-refractivity contribution >= 4 is 40.1 Å². The van der Waals surface area contributed by atoms with E-state index >= 15 is 0 Å². The minimum Gasteiger partial charge on any atom is -0.464 e. The normalized spacial score (nSPS) is 10.8. The number of nitrogens with zero attached hydrogens (tertiary/aromatic N) is 3. The molecule has 0 fully saturated rings. The minimum absolute atomic E-state index is 0.0744. The molecule has 2 heterocycles. The van der Waals surface area contributed by atoms with Gasteiger partial charge in [-0.3, -0.25) is 5.10 Å². The van der Waals surface area contributed by atoms with Crippen molar-refractivity contribution in [1.82, 2.24) is 20.2 Å². The molecule has 21 heavy (non-hydrogen) atoms. The van der Waals surface area contributed by atoms with Gasteiger partial charge in [0, 0.05) is 10.9 Å². The Morgan fingerprint density at radius 1 is 1.29 bits per heavy atom. The van der Waals surface area contributed by atoms with E-state index in [1.807, 2.05) is 18.2 Å². The number of H-pyrrole nitrogens is 1. The van der Waals surface area contributed by atoms with Crippen molar-refractivity contribution in [2.45, 2.75) is 0 Å². The zero-order valence-corrected chi connectivity index (χ0v) is 12.2. The number of halogens is 2. The van der Waals surface area contributed by atoms with Crippen LogP contribution in [0.3, 0.4) is 0 Å². The molecule has 0 unspecified atom stereocenters. The van der Waals surface area contributed by atoms with E-state index in [-0.39, 0.29) is 16.0 Å². The van der Waals surface area contributed by atoms with Crippen molar-refractivity contribution in [3.8, 4) is 11.3 Å². The van der Waals surface area contributed by atoms with E-state index in [1.165, 1.54) is 7.11 Å². The Balaban J connectivity index is 2.30. The SMILES string of the molecule is COC(=O)c1nc(Cl)nc(-c2cccc3[nH]ncc23)c1Cl. The fourth-order valence-electron chi connectivity index (χ4n) is 2.00. The van der Waals surface area contributed by atoms with Crippen molar-refractivity contribution in [3.63, 3.8) is 0 Å². The third-order valence-corrected chi connectivity index (χ3v) is 3.47. The summed E-state index contributed by atoms with van der Waals surface area (Å²) in [7, 11) is 1.24. The summed E-state index contributed by atoms with van der Waals surface area (Å²) in [4.78, 5) is 19.7. The monoisotopic (exact) mass is 322 g/mol. The van der Waals surface area contributed by atoms with Gasteiger partial charge in [0.2, 0.25) is 5.28 Å². The summed E-state index contributed by atoms with van der Waals surface area (Å²) in [5, 5.41) is 7.63. The lowest BCUT2D eigenvalue weighted by Crippen LogP contribution is -2.07. The number of ether oxygens (including phenoxy) is 1. The van der Waals surface area contributed by atoms with Crippen LogP contribution in [0, 0.1) is 0 Å². The van der Waals surface area contributed by atoms with E-state index in [2.05, 4.69) is 24.9 Å². The molecule has 2 aromatic heterocycles. The number of benzene rings is 1. The number of rotatable bonds is 2. The average molecular weight is 323 g/mol. The Bertz CT molecular complexity index is 847. The Morgan fingerprint density at radius 2 is 2.10 bits per heavy atom. The van der Waals surface area contributed by atoms with Crippen LogP contribution in [0.1, 0.15) is 10.5 Å². The summed E-state index contributed by atoms with van der Waals surface area (Å²) in [5.41, 5.74) is 1.79. The molecule has 0 aliphatic heterocycles. The third kappa shape index (κ3) is 2.32. The van der Waals surface area contributed by atoms with Gasteiger partial charge in [0.05, 0.1) is 24.5 Å². The summed E-state index contributed by atoms with van der Waals surface area (Å²) in [6.45, 7) is 0. The number of aromatic amines is 1. The van der Waals surface area contributed by atoms with E-state index in [1.54, 1.807) is 6.20 Å². The lowest BCUT2D eigenvalue weighted by Gasteiger charge is -2.08. The smallest absolute Gasteiger partial charge is 0.358 e. The molecule has 0 saturated heterocycles. The quantitative estimate of drug-likeness (QED) is 0.579. The number of esters is 1. The molecule has 1 aromatic carbocycles. The number of carbonyl (C=O) groups excluding carboxylic acids is 1. The summed E-state index contributed by atoms with van der Waals surface area (Å²) in [6, 6.07) is 5.49. The number of carbonyl (C=O) groups is 1. The molecule has 0 aliphatic rings. The number of hydrogen-bond acceptors (Lipinski definition) is 5. The first-order chi connectivity index (χ1) is 10.1. The highest BCUT2D eigenvalue weighted by Gasteiger charge is 2.21. The van der Waals surface area contributed by atoms with Gasteiger partial charge in [-0.05, 0) is 17.7 Å². The highest BCUT2D eigenvalue weighted by atomic mass is 35.5. The van der Waals surface area contributed by atoms with Gasteiger partial charge in [-0.1, -0.05) is 23.7 Å². The maximum atomic E-state index is 11.7. The molecule has 3 rings (SSSR count). The Kier molecular flexibility index (Phi) is 3.48. The van der Waals surface area contributed by atoms with Crippen LogP contribution < -0.4 is 0 Å². The molecule has 6 nitrogen and oxygen atoms in total. The maximum Gasteiger partial charge on any atom is 0.358 e. The largest absolute Gasteiger partial charge is 0.464 e. The van der Waals surface area contributed by atoms with Crippen LogP contribution in [0.5, 0.6) is 0 Å². The first-order valence-corrected chi connectivity index (χ1v) is 6.61. The molecule has 0 bridgehead atoms. The molecule has 0 saturated carbocycles. The van der Waals surface area contributed by atoms with E-state index in [4.69, 9.17) is 23.2 Å². The molecule has 0 atom stereocenters. The summed E-state index contributed by atoms with van der Waals surface area (Å²) in [6.07, 6.45) is 1.65. The zero-order valence-electron chi connectivity index (χ0n) is 10.7. The van der Waals surface area contributed by atoms with Gasteiger partial charge in [-0.25, -0.2) is 14.8 Å². The zero-order chi connectivity index (χ0) is 15.0. The van der Waals surface area contributed by atoms with Gasteiger partial charge >= 0.3 is 5.97 Å². The summed E-state index contributed by atoms with van der Waals surface area (Å²) < 4.78 is 4.64. The Hall–Kier alpha value is -2.18. The Morgan fingerprint density at radius 3 is 2.86 bits per heavy atom. The van der Waals surface area contributed by atoms with Gasteiger partial charge in [-0.2, -0.15) is 5.10 Å². The molecule has 0 amide bonds. The summed E-state index contributed by atoms with van der Waals surface area (Å²) >= 11 is 12.1. The molecule has 0 aliphatic carbocycles. The van der Waals surface area contributed by atoms with Crippen LogP contribution >= 0.6 is 23.2 Å². The average Bonchev–Trinajstić information content (AvgIpc) is 2.97. The first kappa shape index (κ1) is 13.8. The number of aromatic nitrogens is 4. The molecular weight excluding hydrogens is 315 g/mol. The fourth-order valence-corrected chi connectivity index (χ4v) is 2.44. The predicted octanol–water partition coefficient (Wildman–Crippen LogP) is 3.11.